The summed E-state index contributed by atoms with van der Waals surface area (Å²) in [6, 6.07) is 5.72. The Bertz CT molecular complexity index is 506. The highest BCUT2D eigenvalue weighted by Gasteiger charge is 2.05. The SMILES string of the molecule is CNC(=O)NC(=O)CCSCCCOc1cc(C)ccc1C. The zero-order chi connectivity index (χ0) is 16.4. The standard InChI is InChI=1S/C16H24N2O3S/c1-12-5-6-13(2)14(11-12)21-8-4-9-22-10-7-15(19)18-16(20)17-3/h5-6,11H,4,7-10H2,1-3H3,(H2,17,18,19,20). The summed E-state index contributed by atoms with van der Waals surface area (Å²) in [6.45, 7) is 4.75. The molecule has 0 spiro atoms. The number of amides is 3. The minimum Gasteiger partial charge on any atom is -0.493 e. The summed E-state index contributed by atoms with van der Waals surface area (Å²) in [5, 5.41) is 4.58. The Labute approximate surface area is 136 Å². The monoisotopic (exact) mass is 324 g/mol. The van der Waals surface area contributed by atoms with Crippen LogP contribution in [-0.2, 0) is 4.79 Å². The lowest BCUT2D eigenvalue weighted by Gasteiger charge is -2.09. The molecule has 0 heterocycles. The fraction of sp³-hybridized carbons (Fsp3) is 0.500. The third-order valence-corrected chi connectivity index (χ3v) is 4.06. The molecule has 0 atom stereocenters. The first kappa shape index (κ1) is 18.4. The lowest BCUT2D eigenvalue weighted by molar-refractivity contribution is -0.119. The minimum absolute atomic E-state index is 0.251. The van der Waals surface area contributed by atoms with Crippen LogP contribution in [0.5, 0.6) is 5.75 Å². The van der Waals surface area contributed by atoms with E-state index in [1.54, 1.807) is 11.8 Å². The predicted octanol–water partition coefficient (Wildman–Crippen LogP) is 2.65. The van der Waals surface area contributed by atoms with E-state index in [-0.39, 0.29) is 5.91 Å². The van der Waals surface area contributed by atoms with Crippen LogP contribution in [0.25, 0.3) is 0 Å². The molecule has 0 aromatic heterocycles. The van der Waals surface area contributed by atoms with Gasteiger partial charge in [-0.2, -0.15) is 11.8 Å². The number of carbonyl (C=O) groups is 2. The number of thioether (sulfide) groups is 1. The van der Waals surface area contributed by atoms with Crippen molar-refractivity contribution in [1.82, 2.24) is 10.6 Å². The van der Waals surface area contributed by atoms with Crippen molar-refractivity contribution in [3.05, 3.63) is 29.3 Å². The topological polar surface area (TPSA) is 67.4 Å². The molecule has 0 radical (unpaired) electrons. The molecule has 1 rings (SSSR count). The average Bonchev–Trinajstić information content (AvgIpc) is 2.49. The smallest absolute Gasteiger partial charge is 0.321 e. The van der Waals surface area contributed by atoms with E-state index in [0.29, 0.717) is 18.8 Å². The first-order valence-corrected chi connectivity index (χ1v) is 8.47. The third-order valence-electron chi connectivity index (χ3n) is 2.99. The van der Waals surface area contributed by atoms with Crippen LogP contribution in [0.4, 0.5) is 4.79 Å². The van der Waals surface area contributed by atoms with E-state index in [2.05, 4.69) is 22.8 Å². The number of ether oxygens (including phenoxy) is 1. The van der Waals surface area contributed by atoms with Gasteiger partial charge in [0.1, 0.15) is 5.75 Å². The van der Waals surface area contributed by atoms with Crippen LogP contribution in [0.3, 0.4) is 0 Å². The van der Waals surface area contributed by atoms with Crippen LogP contribution < -0.4 is 15.4 Å². The van der Waals surface area contributed by atoms with Gasteiger partial charge in [-0.25, -0.2) is 4.79 Å². The number of aryl methyl sites for hydroxylation is 2. The van der Waals surface area contributed by atoms with Gasteiger partial charge in [-0.05, 0) is 43.2 Å². The van der Waals surface area contributed by atoms with Gasteiger partial charge in [-0.3, -0.25) is 10.1 Å². The quantitative estimate of drug-likeness (QED) is 0.722. The molecule has 1 aromatic rings. The Balaban J connectivity index is 2.07. The Kier molecular flexibility index (Phi) is 8.43. The van der Waals surface area contributed by atoms with Crippen LogP contribution in [-0.4, -0.2) is 37.1 Å². The molecule has 0 aliphatic rings. The Morgan fingerprint density at radius 2 is 2.00 bits per heavy atom. The number of benzene rings is 1. The fourth-order valence-electron chi connectivity index (χ4n) is 1.72. The second-order valence-corrected chi connectivity index (χ2v) is 6.19. The molecule has 2 N–H and O–H groups in total. The predicted molar refractivity (Wildman–Crippen MR) is 90.6 cm³/mol. The van der Waals surface area contributed by atoms with Crippen LogP contribution in [0, 0.1) is 13.8 Å². The minimum atomic E-state index is -0.461. The summed E-state index contributed by atoms with van der Waals surface area (Å²) in [7, 11) is 1.48. The van der Waals surface area contributed by atoms with E-state index in [4.69, 9.17) is 4.74 Å². The number of nitrogens with one attached hydrogen (secondary N) is 2. The highest BCUT2D eigenvalue weighted by molar-refractivity contribution is 7.99. The van der Waals surface area contributed by atoms with E-state index in [1.807, 2.05) is 19.9 Å². The Morgan fingerprint density at radius 3 is 2.73 bits per heavy atom. The van der Waals surface area contributed by atoms with E-state index < -0.39 is 6.03 Å². The molecular formula is C16H24N2O3S. The molecule has 0 fully saturated rings. The van der Waals surface area contributed by atoms with Crippen molar-refractivity contribution in [2.75, 3.05) is 25.2 Å². The molecule has 0 aliphatic carbocycles. The van der Waals surface area contributed by atoms with Crippen molar-refractivity contribution in [3.63, 3.8) is 0 Å². The zero-order valence-corrected chi connectivity index (χ0v) is 14.2. The maximum absolute atomic E-state index is 11.3. The van der Waals surface area contributed by atoms with Crippen molar-refractivity contribution >= 4 is 23.7 Å². The molecule has 0 saturated heterocycles. The third kappa shape index (κ3) is 7.36. The van der Waals surface area contributed by atoms with Crippen LogP contribution in [0.2, 0.25) is 0 Å². The summed E-state index contributed by atoms with van der Waals surface area (Å²) < 4.78 is 5.77. The summed E-state index contributed by atoms with van der Waals surface area (Å²) in [6.07, 6.45) is 1.27. The number of urea groups is 1. The van der Waals surface area contributed by atoms with Crippen LogP contribution in [0.15, 0.2) is 18.2 Å². The van der Waals surface area contributed by atoms with Gasteiger partial charge in [0.15, 0.2) is 0 Å². The molecule has 22 heavy (non-hydrogen) atoms. The van der Waals surface area contributed by atoms with Crippen molar-refractivity contribution < 1.29 is 14.3 Å². The summed E-state index contributed by atoms with van der Waals surface area (Å²) in [5.74, 6) is 2.32. The van der Waals surface area contributed by atoms with Crippen LogP contribution >= 0.6 is 11.8 Å². The number of hydrogen-bond acceptors (Lipinski definition) is 4. The summed E-state index contributed by atoms with van der Waals surface area (Å²) in [5.41, 5.74) is 2.33. The van der Waals surface area contributed by atoms with Gasteiger partial charge in [0.2, 0.25) is 5.91 Å². The zero-order valence-electron chi connectivity index (χ0n) is 13.4. The summed E-state index contributed by atoms with van der Waals surface area (Å²) >= 11 is 1.69. The number of carbonyl (C=O) groups excluding carboxylic acids is 2. The molecule has 0 bridgehead atoms. The fourth-order valence-corrected chi connectivity index (χ4v) is 2.58. The van der Waals surface area contributed by atoms with Gasteiger partial charge < -0.3 is 10.1 Å². The highest BCUT2D eigenvalue weighted by Crippen LogP contribution is 2.19. The first-order chi connectivity index (χ1) is 10.5. The molecule has 3 amide bonds. The number of imide groups is 1. The van der Waals surface area contributed by atoms with Gasteiger partial charge in [0, 0.05) is 19.2 Å². The lowest BCUT2D eigenvalue weighted by atomic mass is 10.1. The van der Waals surface area contributed by atoms with Crippen molar-refractivity contribution in [2.45, 2.75) is 26.7 Å². The van der Waals surface area contributed by atoms with E-state index in [0.717, 1.165) is 23.5 Å². The second-order valence-electron chi connectivity index (χ2n) is 4.96. The van der Waals surface area contributed by atoms with Gasteiger partial charge >= 0.3 is 6.03 Å². The molecule has 6 heteroatoms. The molecule has 0 aliphatic heterocycles. The molecule has 1 aromatic carbocycles. The van der Waals surface area contributed by atoms with Crippen molar-refractivity contribution in [1.29, 1.82) is 0 Å². The van der Waals surface area contributed by atoms with Gasteiger partial charge in [-0.15, -0.1) is 0 Å². The number of rotatable bonds is 8. The van der Waals surface area contributed by atoms with E-state index in [9.17, 15) is 9.59 Å². The van der Waals surface area contributed by atoms with Crippen LogP contribution in [0.1, 0.15) is 24.0 Å². The largest absolute Gasteiger partial charge is 0.493 e. The normalized spacial score (nSPS) is 10.1. The Morgan fingerprint density at radius 1 is 1.23 bits per heavy atom. The van der Waals surface area contributed by atoms with E-state index >= 15 is 0 Å². The molecule has 122 valence electrons. The first-order valence-electron chi connectivity index (χ1n) is 7.32. The van der Waals surface area contributed by atoms with Gasteiger partial charge in [0.05, 0.1) is 6.61 Å². The molecular weight excluding hydrogens is 300 g/mol. The van der Waals surface area contributed by atoms with Crippen molar-refractivity contribution in [3.8, 4) is 5.75 Å². The molecule has 0 unspecified atom stereocenters. The summed E-state index contributed by atoms with van der Waals surface area (Å²) in [4.78, 5) is 22.3. The Hall–Kier alpha value is -1.69. The van der Waals surface area contributed by atoms with Gasteiger partial charge in [0.25, 0.3) is 0 Å². The van der Waals surface area contributed by atoms with Gasteiger partial charge in [-0.1, -0.05) is 12.1 Å². The maximum atomic E-state index is 11.3. The number of hydrogen-bond donors (Lipinski definition) is 2. The molecule has 5 nitrogen and oxygen atoms in total. The molecule has 0 saturated carbocycles. The average molecular weight is 324 g/mol. The van der Waals surface area contributed by atoms with Crippen molar-refractivity contribution in [2.24, 2.45) is 0 Å². The van der Waals surface area contributed by atoms with E-state index in [1.165, 1.54) is 12.6 Å². The highest BCUT2D eigenvalue weighted by atomic mass is 32.2. The maximum Gasteiger partial charge on any atom is 0.321 e. The second kappa shape index (κ2) is 10.1. The lowest BCUT2D eigenvalue weighted by Crippen LogP contribution is -2.37.